The highest BCUT2D eigenvalue weighted by molar-refractivity contribution is 5.89. The van der Waals surface area contributed by atoms with Crippen LogP contribution in [0.5, 0.6) is 17.4 Å². The predicted molar refractivity (Wildman–Crippen MR) is 98.1 cm³/mol. The van der Waals surface area contributed by atoms with E-state index < -0.39 is 0 Å². The Kier molecular flexibility index (Phi) is 5.46. The molecule has 0 unspecified atom stereocenters. The molecule has 0 saturated heterocycles. The van der Waals surface area contributed by atoms with Gasteiger partial charge in [0.1, 0.15) is 0 Å². The van der Waals surface area contributed by atoms with Crippen molar-refractivity contribution in [3.8, 4) is 17.4 Å². The number of pyridine rings is 1. The number of fused-ring (bicyclic) bond motifs is 1. The number of hydrogen-bond acceptors (Lipinski definition) is 5. The third-order valence-electron chi connectivity index (χ3n) is 4.24. The molecule has 1 aromatic carbocycles. The number of aromatic nitrogens is 1. The standard InChI is InChI=1S/C19H23N3O4/c1-4-26-18-8-5-13-12-22(10-9-15(13)21-18)19(23)20-14-6-7-16(24-2)17(11-14)25-3/h5-8,11H,4,9-10,12H2,1-3H3,(H,20,23). The molecule has 2 aromatic rings. The van der Waals surface area contributed by atoms with Crippen molar-refractivity contribution in [1.29, 1.82) is 0 Å². The maximum absolute atomic E-state index is 12.6. The van der Waals surface area contributed by atoms with Crippen LogP contribution in [0.4, 0.5) is 10.5 Å². The molecule has 1 aliphatic rings. The van der Waals surface area contributed by atoms with E-state index in [-0.39, 0.29) is 6.03 Å². The third kappa shape index (κ3) is 3.82. The second-order valence-corrected chi connectivity index (χ2v) is 5.86. The van der Waals surface area contributed by atoms with Crippen LogP contribution in [-0.2, 0) is 13.0 Å². The molecule has 0 radical (unpaired) electrons. The van der Waals surface area contributed by atoms with Crippen LogP contribution in [0.3, 0.4) is 0 Å². The topological polar surface area (TPSA) is 72.9 Å². The van der Waals surface area contributed by atoms with E-state index in [4.69, 9.17) is 14.2 Å². The molecule has 0 spiro atoms. The van der Waals surface area contributed by atoms with E-state index in [9.17, 15) is 4.79 Å². The van der Waals surface area contributed by atoms with Gasteiger partial charge in [0.15, 0.2) is 11.5 Å². The second kappa shape index (κ2) is 7.95. The van der Waals surface area contributed by atoms with Crippen molar-refractivity contribution >= 4 is 11.7 Å². The van der Waals surface area contributed by atoms with Gasteiger partial charge >= 0.3 is 6.03 Å². The number of carbonyl (C=O) groups is 1. The van der Waals surface area contributed by atoms with Gasteiger partial charge in [-0.1, -0.05) is 6.07 Å². The Balaban J connectivity index is 1.68. The van der Waals surface area contributed by atoms with Crippen LogP contribution in [0.15, 0.2) is 30.3 Å². The average Bonchev–Trinajstić information content (AvgIpc) is 2.67. The van der Waals surface area contributed by atoms with Crippen molar-refractivity contribution in [1.82, 2.24) is 9.88 Å². The molecule has 7 nitrogen and oxygen atoms in total. The van der Waals surface area contributed by atoms with E-state index in [0.29, 0.717) is 49.2 Å². The fourth-order valence-electron chi connectivity index (χ4n) is 2.91. The van der Waals surface area contributed by atoms with Gasteiger partial charge in [0.25, 0.3) is 0 Å². The molecule has 1 aromatic heterocycles. The first kappa shape index (κ1) is 17.8. The van der Waals surface area contributed by atoms with Crippen LogP contribution >= 0.6 is 0 Å². The van der Waals surface area contributed by atoms with Crippen LogP contribution in [-0.4, -0.2) is 43.3 Å². The monoisotopic (exact) mass is 357 g/mol. The summed E-state index contributed by atoms with van der Waals surface area (Å²) in [5.41, 5.74) is 2.69. The number of methoxy groups -OCH3 is 2. The predicted octanol–water partition coefficient (Wildman–Crippen LogP) is 3.09. The van der Waals surface area contributed by atoms with E-state index in [0.717, 1.165) is 11.3 Å². The third-order valence-corrected chi connectivity index (χ3v) is 4.24. The summed E-state index contributed by atoms with van der Waals surface area (Å²) in [6.07, 6.45) is 0.704. The minimum Gasteiger partial charge on any atom is -0.493 e. The SMILES string of the molecule is CCOc1ccc2c(n1)CCN(C(=O)Nc1ccc(OC)c(OC)c1)C2. The van der Waals surface area contributed by atoms with Crippen molar-refractivity contribution in [3.63, 3.8) is 0 Å². The zero-order valence-corrected chi connectivity index (χ0v) is 15.2. The Labute approximate surface area is 152 Å². The van der Waals surface area contributed by atoms with Crippen molar-refractivity contribution in [3.05, 3.63) is 41.6 Å². The molecule has 0 saturated carbocycles. The smallest absolute Gasteiger partial charge is 0.322 e. The van der Waals surface area contributed by atoms with Crippen LogP contribution in [0.1, 0.15) is 18.2 Å². The number of carbonyl (C=O) groups excluding carboxylic acids is 1. The van der Waals surface area contributed by atoms with Gasteiger partial charge in [-0.2, -0.15) is 0 Å². The maximum atomic E-state index is 12.6. The lowest BCUT2D eigenvalue weighted by molar-refractivity contribution is 0.205. The van der Waals surface area contributed by atoms with E-state index in [2.05, 4.69) is 10.3 Å². The number of anilines is 1. The molecule has 1 aliphatic heterocycles. The molecular weight excluding hydrogens is 334 g/mol. The first-order valence-electron chi connectivity index (χ1n) is 8.54. The molecule has 26 heavy (non-hydrogen) atoms. The van der Waals surface area contributed by atoms with E-state index in [1.54, 1.807) is 37.3 Å². The van der Waals surface area contributed by atoms with Crippen molar-refractivity contribution < 1.29 is 19.0 Å². The van der Waals surface area contributed by atoms with Gasteiger partial charge in [-0.05, 0) is 24.6 Å². The summed E-state index contributed by atoms with van der Waals surface area (Å²) in [6, 6.07) is 8.95. The van der Waals surface area contributed by atoms with Crippen molar-refractivity contribution in [2.75, 3.05) is 32.7 Å². The van der Waals surface area contributed by atoms with Gasteiger partial charge in [-0.15, -0.1) is 0 Å². The fourth-order valence-corrected chi connectivity index (χ4v) is 2.91. The Hall–Kier alpha value is -2.96. The summed E-state index contributed by atoms with van der Waals surface area (Å²) in [6.45, 7) is 3.65. The molecule has 0 fully saturated rings. The molecule has 0 atom stereocenters. The van der Waals surface area contributed by atoms with E-state index >= 15 is 0 Å². The average molecular weight is 357 g/mol. The minimum atomic E-state index is -0.156. The first-order valence-corrected chi connectivity index (χ1v) is 8.54. The number of hydrogen-bond donors (Lipinski definition) is 1. The number of nitrogens with zero attached hydrogens (tertiary/aromatic N) is 2. The van der Waals surface area contributed by atoms with Gasteiger partial charge in [0.2, 0.25) is 5.88 Å². The normalized spacial score (nSPS) is 13.0. The quantitative estimate of drug-likeness (QED) is 0.890. The molecule has 2 amide bonds. The lowest BCUT2D eigenvalue weighted by Crippen LogP contribution is -2.39. The minimum absolute atomic E-state index is 0.156. The van der Waals surface area contributed by atoms with Crippen molar-refractivity contribution in [2.45, 2.75) is 19.9 Å². The lowest BCUT2D eigenvalue weighted by atomic mass is 10.1. The summed E-state index contributed by atoms with van der Waals surface area (Å²) in [5.74, 6) is 1.82. The van der Waals surface area contributed by atoms with Gasteiger partial charge < -0.3 is 24.4 Å². The molecule has 2 heterocycles. The van der Waals surface area contributed by atoms with E-state index in [1.807, 2.05) is 19.1 Å². The Morgan fingerprint density at radius 2 is 2.00 bits per heavy atom. The fraction of sp³-hybridized carbons (Fsp3) is 0.368. The summed E-state index contributed by atoms with van der Waals surface area (Å²) in [4.78, 5) is 18.9. The van der Waals surface area contributed by atoms with Crippen LogP contribution in [0, 0.1) is 0 Å². The molecule has 138 valence electrons. The lowest BCUT2D eigenvalue weighted by Gasteiger charge is -2.28. The largest absolute Gasteiger partial charge is 0.493 e. The zero-order chi connectivity index (χ0) is 18.5. The Morgan fingerprint density at radius 3 is 2.73 bits per heavy atom. The molecular formula is C19H23N3O4. The number of nitrogens with one attached hydrogen (secondary N) is 1. The number of ether oxygens (including phenoxy) is 3. The van der Waals surface area contributed by atoms with Crippen LogP contribution in [0.2, 0.25) is 0 Å². The number of benzene rings is 1. The maximum Gasteiger partial charge on any atom is 0.322 e. The molecule has 1 N–H and O–H groups in total. The molecule has 0 bridgehead atoms. The van der Waals surface area contributed by atoms with E-state index in [1.165, 1.54) is 0 Å². The van der Waals surface area contributed by atoms with Gasteiger partial charge in [-0.3, -0.25) is 0 Å². The second-order valence-electron chi connectivity index (χ2n) is 5.86. The molecule has 3 rings (SSSR count). The summed E-state index contributed by atoms with van der Waals surface area (Å²) < 4.78 is 15.9. The van der Waals surface area contributed by atoms with Gasteiger partial charge in [0.05, 0.1) is 26.5 Å². The highest BCUT2D eigenvalue weighted by Crippen LogP contribution is 2.30. The van der Waals surface area contributed by atoms with Gasteiger partial charge in [-0.25, -0.2) is 9.78 Å². The summed E-state index contributed by atoms with van der Waals surface area (Å²) >= 11 is 0. The Bertz CT molecular complexity index is 794. The number of amides is 2. The summed E-state index contributed by atoms with van der Waals surface area (Å²) in [5, 5.41) is 2.91. The van der Waals surface area contributed by atoms with Crippen LogP contribution in [0.25, 0.3) is 0 Å². The van der Waals surface area contributed by atoms with Crippen LogP contribution < -0.4 is 19.5 Å². The number of urea groups is 1. The highest BCUT2D eigenvalue weighted by Gasteiger charge is 2.22. The first-order chi connectivity index (χ1) is 12.6. The molecule has 7 heteroatoms. The van der Waals surface area contributed by atoms with Gasteiger partial charge in [0, 0.05) is 37.3 Å². The molecule has 0 aliphatic carbocycles. The summed E-state index contributed by atoms with van der Waals surface area (Å²) in [7, 11) is 3.14. The van der Waals surface area contributed by atoms with Crippen molar-refractivity contribution in [2.24, 2.45) is 0 Å². The Morgan fingerprint density at radius 1 is 1.19 bits per heavy atom. The highest BCUT2D eigenvalue weighted by atomic mass is 16.5. The number of rotatable bonds is 5. The zero-order valence-electron chi connectivity index (χ0n) is 15.2.